The molecule has 1 fully saturated rings. The van der Waals surface area contributed by atoms with Crippen LogP contribution in [0.2, 0.25) is 0 Å². The van der Waals surface area contributed by atoms with Gasteiger partial charge in [-0.15, -0.1) is 0 Å². The maximum Gasteiger partial charge on any atom is 0.245 e. The lowest BCUT2D eigenvalue weighted by Crippen LogP contribution is -2.41. The number of rotatable bonds is 2. The zero-order valence-corrected chi connectivity index (χ0v) is 10.5. The molecule has 0 aromatic rings. The lowest BCUT2D eigenvalue weighted by molar-refractivity contribution is -0.126. The summed E-state index contributed by atoms with van der Waals surface area (Å²) in [6, 6.07) is 0. The van der Waals surface area contributed by atoms with Gasteiger partial charge < -0.3 is 4.90 Å². The number of sulfone groups is 1. The van der Waals surface area contributed by atoms with Crippen molar-refractivity contribution < 1.29 is 13.2 Å². The molecule has 1 amide bonds. The van der Waals surface area contributed by atoms with E-state index in [0.717, 1.165) is 19.3 Å². The first-order chi connectivity index (χ1) is 7.45. The van der Waals surface area contributed by atoms with Gasteiger partial charge in [0.1, 0.15) is 0 Å². The summed E-state index contributed by atoms with van der Waals surface area (Å²) >= 11 is 0. The molecule has 0 radical (unpaired) electrons. The minimum Gasteiger partial charge on any atom is -0.338 e. The molecule has 0 spiro atoms. The van der Waals surface area contributed by atoms with E-state index >= 15 is 0 Å². The Morgan fingerprint density at radius 1 is 1.38 bits per heavy atom. The quantitative estimate of drug-likeness (QED) is 0.682. The average molecular weight is 245 g/mol. The third-order valence-electron chi connectivity index (χ3n) is 2.97. The Hall–Kier alpha value is -0.840. The van der Waals surface area contributed by atoms with E-state index in [1.54, 1.807) is 4.90 Å². The van der Waals surface area contributed by atoms with Gasteiger partial charge >= 0.3 is 0 Å². The van der Waals surface area contributed by atoms with E-state index in [-0.39, 0.29) is 5.91 Å². The summed E-state index contributed by atoms with van der Waals surface area (Å²) in [5.74, 6) is -0.171. The molecule has 1 atom stereocenters. The molecule has 1 saturated heterocycles. The molecule has 5 heteroatoms. The second kappa shape index (κ2) is 5.48. The van der Waals surface area contributed by atoms with Crippen LogP contribution in [0.25, 0.3) is 0 Å². The van der Waals surface area contributed by atoms with Gasteiger partial charge in [-0.2, -0.15) is 0 Å². The number of likely N-dealkylation sites (tertiary alicyclic amines) is 1. The Balaban J connectivity index is 2.79. The van der Waals surface area contributed by atoms with E-state index in [0.29, 0.717) is 19.5 Å². The van der Waals surface area contributed by atoms with E-state index in [1.165, 1.54) is 12.3 Å². The van der Waals surface area contributed by atoms with Gasteiger partial charge in [-0.25, -0.2) is 8.42 Å². The zero-order chi connectivity index (χ0) is 12.2. The Labute approximate surface area is 97.2 Å². The maximum absolute atomic E-state index is 11.5. The molecule has 1 aliphatic heterocycles. The van der Waals surface area contributed by atoms with Crippen molar-refractivity contribution in [3.63, 3.8) is 0 Å². The highest BCUT2D eigenvalue weighted by atomic mass is 32.2. The summed E-state index contributed by atoms with van der Waals surface area (Å²) in [6.07, 6.45) is 5.99. The molecule has 16 heavy (non-hydrogen) atoms. The number of amides is 1. The highest BCUT2D eigenvalue weighted by Gasteiger charge is 2.26. The number of carbonyl (C=O) groups excluding carboxylic acids is 1. The standard InChI is InChI=1S/C11H19NO3S/c1-3-11(13)12-8-6-4-5-7-10(9-12)16(2,14)15/h3,10H,1,4-9H2,2H3. The van der Waals surface area contributed by atoms with E-state index in [2.05, 4.69) is 6.58 Å². The number of hydrogen-bond acceptors (Lipinski definition) is 3. The molecule has 0 bridgehead atoms. The van der Waals surface area contributed by atoms with Crippen molar-refractivity contribution in [1.82, 2.24) is 4.90 Å². The lowest BCUT2D eigenvalue weighted by Gasteiger charge is -2.28. The molecule has 1 unspecified atom stereocenters. The molecule has 1 rings (SSSR count). The largest absolute Gasteiger partial charge is 0.338 e. The van der Waals surface area contributed by atoms with Crippen molar-refractivity contribution in [3.05, 3.63) is 12.7 Å². The minimum absolute atomic E-state index is 0.171. The van der Waals surface area contributed by atoms with Gasteiger partial charge in [-0.1, -0.05) is 19.4 Å². The van der Waals surface area contributed by atoms with Crippen LogP contribution < -0.4 is 0 Å². The molecule has 1 heterocycles. The number of carbonyl (C=O) groups is 1. The van der Waals surface area contributed by atoms with Crippen LogP contribution in [-0.4, -0.2) is 43.8 Å². The molecule has 0 aliphatic carbocycles. The van der Waals surface area contributed by atoms with Gasteiger partial charge in [-0.05, 0) is 18.9 Å². The third-order valence-corrected chi connectivity index (χ3v) is 4.57. The highest BCUT2D eigenvalue weighted by molar-refractivity contribution is 7.91. The van der Waals surface area contributed by atoms with Crippen molar-refractivity contribution in [2.75, 3.05) is 19.3 Å². The molecule has 92 valence electrons. The van der Waals surface area contributed by atoms with Gasteiger partial charge in [-0.3, -0.25) is 4.79 Å². The molecular formula is C11H19NO3S. The fourth-order valence-corrected chi connectivity index (χ4v) is 3.00. The fraction of sp³-hybridized carbons (Fsp3) is 0.727. The van der Waals surface area contributed by atoms with Crippen LogP contribution in [0.4, 0.5) is 0 Å². The summed E-state index contributed by atoms with van der Waals surface area (Å²) in [4.78, 5) is 13.1. The second-order valence-corrected chi connectivity index (χ2v) is 6.61. The predicted molar refractivity (Wildman–Crippen MR) is 63.9 cm³/mol. The molecule has 0 saturated carbocycles. The van der Waals surface area contributed by atoms with Crippen LogP contribution >= 0.6 is 0 Å². The first-order valence-electron chi connectivity index (χ1n) is 5.55. The normalized spacial score (nSPS) is 23.3. The maximum atomic E-state index is 11.5. The van der Waals surface area contributed by atoms with Crippen LogP contribution in [0.3, 0.4) is 0 Å². The van der Waals surface area contributed by atoms with Crippen LogP contribution in [0.5, 0.6) is 0 Å². The van der Waals surface area contributed by atoms with Gasteiger partial charge in [0, 0.05) is 19.3 Å². The summed E-state index contributed by atoms with van der Waals surface area (Å²) in [7, 11) is -3.07. The molecule has 0 N–H and O–H groups in total. The Morgan fingerprint density at radius 2 is 2.06 bits per heavy atom. The van der Waals surface area contributed by atoms with Gasteiger partial charge in [0.15, 0.2) is 9.84 Å². The van der Waals surface area contributed by atoms with Gasteiger partial charge in [0.25, 0.3) is 0 Å². The summed E-state index contributed by atoms with van der Waals surface area (Å²) < 4.78 is 23.1. The topological polar surface area (TPSA) is 54.5 Å². The van der Waals surface area contributed by atoms with Crippen molar-refractivity contribution in [2.24, 2.45) is 0 Å². The summed E-state index contributed by atoms with van der Waals surface area (Å²) in [5, 5.41) is -0.420. The van der Waals surface area contributed by atoms with Crippen molar-refractivity contribution in [1.29, 1.82) is 0 Å². The van der Waals surface area contributed by atoms with E-state index < -0.39 is 15.1 Å². The minimum atomic E-state index is -3.07. The Morgan fingerprint density at radius 3 is 2.62 bits per heavy atom. The van der Waals surface area contributed by atoms with Crippen molar-refractivity contribution >= 4 is 15.7 Å². The zero-order valence-electron chi connectivity index (χ0n) is 9.68. The first kappa shape index (κ1) is 13.2. The Kier molecular flexibility index (Phi) is 4.53. The first-order valence-corrected chi connectivity index (χ1v) is 7.51. The van der Waals surface area contributed by atoms with Crippen LogP contribution in [0.15, 0.2) is 12.7 Å². The van der Waals surface area contributed by atoms with Gasteiger partial charge in [0.05, 0.1) is 5.25 Å². The van der Waals surface area contributed by atoms with E-state index in [1.807, 2.05) is 0 Å². The summed E-state index contributed by atoms with van der Waals surface area (Å²) in [6.45, 7) is 4.38. The third kappa shape index (κ3) is 3.63. The molecule has 1 aliphatic rings. The predicted octanol–water partition coefficient (Wildman–Crippen LogP) is 0.988. The number of nitrogens with zero attached hydrogens (tertiary/aromatic N) is 1. The van der Waals surface area contributed by atoms with Crippen LogP contribution in [-0.2, 0) is 14.6 Å². The molecule has 0 aromatic carbocycles. The average Bonchev–Trinajstić information content (AvgIpc) is 2.14. The lowest BCUT2D eigenvalue weighted by atomic mass is 10.1. The van der Waals surface area contributed by atoms with Crippen LogP contribution in [0.1, 0.15) is 25.7 Å². The molecule has 4 nitrogen and oxygen atoms in total. The fourth-order valence-electron chi connectivity index (χ4n) is 1.96. The highest BCUT2D eigenvalue weighted by Crippen LogP contribution is 2.16. The smallest absolute Gasteiger partial charge is 0.245 e. The second-order valence-electron chi connectivity index (χ2n) is 4.29. The van der Waals surface area contributed by atoms with Crippen molar-refractivity contribution in [2.45, 2.75) is 30.9 Å². The van der Waals surface area contributed by atoms with Gasteiger partial charge in [0.2, 0.25) is 5.91 Å². The Bertz CT molecular complexity index is 361. The molecule has 0 aromatic heterocycles. The number of hydrogen-bond donors (Lipinski definition) is 0. The summed E-state index contributed by atoms with van der Waals surface area (Å²) in [5.41, 5.74) is 0. The van der Waals surface area contributed by atoms with E-state index in [9.17, 15) is 13.2 Å². The van der Waals surface area contributed by atoms with Crippen LogP contribution in [0, 0.1) is 0 Å². The monoisotopic (exact) mass is 245 g/mol. The van der Waals surface area contributed by atoms with E-state index in [4.69, 9.17) is 0 Å². The molecular weight excluding hydrogens is 226 g/mol. The van der Waals surface area contributed by atoms with Crippen molar-refractivity contribution in [3.8, 4) is 0 Å². The SMILES string of the molecule is C=CC(=O)N1CCCCCC(S(C)(=O)=O)C1.